The van der Waals surface area contributed by atoms with Crippen LogP contribution in [0.2, 0.25) is 5.15 Å². The summed E-state index contributed by atoms with van der Waals surface area (Å²) >= 11 is 5.80. The normalized spacial score (nSPS) is 10.6. The Morgan fingerprint density at radius 2 is 2.00 bits per heavy atom. The van der Waals surface area contributed by atoms with Crippen LogP contribution in [-0.4, -0.2) is 23.1 Å². The summed E-state index contributed by atoms with van der Waals surface area (Å²) in [5.74, 6) is 0.888. The molecule has 0 aromatic carbocycles. The standard InChI is InChI=1S/C10H16ClN3/c1-4-8(5-2)14(3)10-6-9(11)12-7-13-10/h6-8H,4-5H2,1-3H3. The van der Waals surface area contributed by atoms with E-state index in [9.17, 15) is 0 Å². The Hall–Kier alpha value is -0.830. The lowest BCUT2D eigenvalue weighted by molar-refractivity contribution is 0.586. The van der Waals surface area contributed by atoms with E-state index in [4.69, 9.17) is 11.6 Å². The van der Waals surface area contributed by atoms with Gasteiger partial charge in [-0.15, -0.1) is 0 Å². The first-order valence-electron chi connectivity index (χ1n) is 4.89. The molecule has 0 amide bonds. The van der Waals surface area contributed by atoms with Crippen molar-refractivity contribution in [3.8, 4) is 0 Å². The molecule has 1 aromatic rings. The molecule has 3 nitrogen and oxygen atoms in total. The fourth-order valence-electron chi connectivity index (χ4n) is 1.54. The monoisotopic (exact) mass is 213 g/mol. The summed E-state index contributed by atoms with van der Waals surface area (Å²) in [6.45, 7) is 4.35. The average Bonchev–Trinajstić information content (AvgIpc) is 2.19. The van der Waals surface area contributed by atoms with Crippen LogP contribution >= 0.6 is 11.6 Å². The lowest BCUT2D eigenvalue weighted by atomic mass is 10.1. The van der Waals surface area contributed by atoms with Gasteiger partial charge in [0.05, 0.1) is 0 Å². The van der Waals surface area contributed by atoms with E-state index in [1.165, 1.54) is 6.33 Å². The van der Waals surface area contributed by atoms with E-state index in [-0.39, 0.29) is 0 Å². The lowest BCUT2D eigenvalue weighted by Gasteiger charge is -2.27. The van der Waals surface area contributed by atoms with Crippen LogP contribution in [0.3, 0.4) is 0 Å². The van der Waals surface area contributed by atoms with Crippen molar-refractivity contribution in [2.45, 2.75) is 32.7 Å². The fourth-order valence-corrected chi connectivity index (χ4v) is 1.68. The molecule has 14 heavy (non-hydrogen) atoms. The molecule has 0 radical (unpaired) electrons. The quantitative estimate of drug-likeness (QED) is 0.721. The third-order valence-electron chi connectivity index (χ3n) is 2.47. The topological polar surface area (TPSA) is 29.0 Å². The van der Waals surface area contributed by atoms with Crippen molar-refractivity contribution in [1.29, 1.82) is 0 Å². The second kappa shape index (κ2) is 5.15. The van der Waals surface area contributed by atoms with Crippen molar-refractivity contribution in [2.75, 3.05) is 11.9 Å². The van der Waals surface area contributed by atoms with Crippen molar-refractivity contribution in [3.63, 3.8) is 0 Å². The molecule has 0 saturated heterocycles. The van der Waals surface area contributed by atoms with Crippen LogP contribution in [0.4, 0.5) is 5.82 Å². The minimum atomic E-state index is 0.493. The van der Waals surface area contributed by atoms with Crippen molar-refractivity contribution in [3.05, 3.63) is 17.5 Å². The van der Waals surface area contributed by atoms with Gasteiger partial charge >= 0.3 is 0 Å². The number of rotatable bonds is 4. The van der Waals surface area contributed by atoms with E-state index in [0.29, 0.717) is 11.2 Å². The van der Waals surface area contributed by atoms with Crippen LogP contribution in [0, 0.1) is 0 Å². The zero-order valence-electron chi connectivity index (χ0n) is 8.87. The van der Waals surface area contributed by atoms with Gasteiger partial charge in [-0.2, -0.15) is 0 Å². The molecule has 0 bridgehead atoms. The molecule has 0 saturated carbocycles. The molecule has 4 heteroatoms. The van der Waals surface area contributed by atoms with Gasteiger partial charge in [0, 0.05) is 19.2 Å². The van der Waals surface area contributed by atoms with Crippen LogP contribution in [0.15, 0.2) is 12.4 Å². The Balaban J connectivity index is 2.82. The molecule has 1 aromatic heterocycles. The summed E-state index contributed by atoms with van der Waals surface area (Å²) in [5, 5.41) is 0.493. The first-order valence-corrected chi connectivity index (χ1v) is 5.27. The number of anilines is 1. The molecule has 0 aliphatic carbocycles. The molecule has 1 rings (SSSR count). The van der Waals surface area contributed by atoms with Crippen molar-refractivity contribution in [1.82, 2.24) is 9.97 Å². The number of hydrogen-bond acceptors (Lipinski definition) is 3. The third-order valence-corrected chi connectivity index (χ3v) is 2.68. The maximum atomic E-state index is 5.80. The maximum Gasteiger partial charge on any atom is 0.134 e. The first kappa shape index (κ1) is 11.2. The highest BCUT2D eigenvalue weighted by atomic mass is 35.5. The fraction of sp³-hybridized carbons (Fsp3) is 0.600. The van der Waals surface area contributed by atoms with Gasteiger partial charge in [0.25, 0.3) is 0 Å². The van der Waals surface area contributed by atoms with Gasteiger partial charge in [-0.05, 0) is 12.8 Å². The summed E-state index contributed by atoms with van der Waals surface area (Å²) in [5.41, 5.74) is 0. The predicted molar refractivity (Wildman–Crippen MR) is 59.8 cm³/mol. The van der Waals surface area contributed by atoms with Crippen LogP contribution < -0.4 is 4.90 Å². The predicted octanol–water partition coefficient (Wildman–Crippen LogP) is 2.75. The minimum Gasteiger partial charge on any atom is -0.357 e. The third kappa shape index (κ3) is 2.58. The molecular formula is C10H16ClN3. The lowest BCUT2D eigenvalue weighted by Crippen LogP contribution is -2.31. The van der Waals surface area contributed by atoms with Crippen LogP contribution in [-0.2, 0) is 0 Å². The number of halogens is 1. The molecule has 1 heterocycles. The Morgan fingerprint density at radius 3 is 2.50 bits per heavy atom. The Labute approximate surface area is 90.1 Å². The van der Waals surface area contributed by atoms with E-state index in [2.05, 4.69) is 28.7 Å². The Morgan fingerprint density at radius 1 is 1.36 bits per heavy atom. The van der Waals surface area contributed by atoms with Crippen LogP contribution in [0.25, 0.3) is 0 Å². The molecule has 0 aliphatic rings. The highest BCUT2D eigenvalue weighted by Gasteiger charge is 2.12. The maximum absolute atomic E-state index is 5.80. The van der Waals surface area contributed by atoms with Gasteiger partial charge in [0.2, 0.25) is 0 Å². The van der Waals surface area contributed by atoms with Crippen LogP contribution in [0.1, 0.15) is 26.7 Å². The van der Waals surface area contributed by atoms with E-state index in [1.54, 1.807) is 6.07 Å². The van der Waals surface area contributed by atoms with E-state index in [1.807, 2.05) is 7.05 Å². The Kier molecular flexibility index (Phi) is 4.14. The molecule has 0 N–H and O–H groups in total. The second-order valence-electron chi connectivity index (χ2n) is 3.28. The highest BCUT2D eigenvalue weighted by molar-refractivity contribution is 6.29. The Bertz CT molecular complexity index is 286. The van der Waals surface area contributed by atoms with Gasteiger partial charge in [0.15, 0.2) is 0 Å². The summed E-state index contributed by atoms with van der Waals surface area (Å²) in [6, 6.07) is 2.31. The largest absolute Gasteiger partial charge is 0.357 e. The molecule has 0 atom stereocenters. The molecule has 78 valence electrons. The zero-order chi connectivity index (χ0) is 10.6. The SMILES string of the molecule is CCC(CC)N(C)c1cc(Cl)ncn1. The van der Waals surface area contributed by atoms with E-state index in [0.717, 1.165) is 18.7 Å². The summed E-state index contributed by atoms with van der Waals surface area (Å²) in [6.07, 6.45) is 3.71. The smallest absolute Gasteiger partial charge is 0.134 e. The van der Waals surface area contributed by atoms with Gasteiger partial charge in [0.1, 0.15) is 17.3 Å². The number of nitrogens with zero attached hydrogens (tertiary/aromatic N) is 3. The van der Waals surface area contributed by atoms with E-state index >= 15 is 0 Å². The summed E-state index contributed by atoms with van der Waals surface area (Å²) in [4.78, 5) is 10.2. The van der Waals surface area contributed by atoms with Crippen molar-refractivity contribution >= 4 is 17.4 Å². The second-order valence-corrected chi connectivity index (χ2v) is 3.67. The van der Waals surface area contributed by atoms with E-state index < -0.39 is 0 Å². The number of aromatic nitrogens is 2. The summed E-state index contributed by atoms with van der Waals surface area (Å²) in [7, 11) is 2.04. The van der Waals surface area contributed by atoms with Crippen molar-refractivity contribution < 1.29 is 0 Å². The van der Waals surface area contributed by atoms with Crippen LogP contribution in [0.5, 0.6) is 0 Å². The van der Waals surface area contributed by atoms with Crippen molar-refractivity contribution in [2.24, 2.45) is 0 Å². The molecule has 0 fully saturated rings. The van der Waals surface area contributed by atoms with Gasteiger partial charge in [-0.1, -0.05) is 25.4 Å². The minimum absolute atomic E-state index is 0.493. The number of hydrogen-bond donors (Lipinski definition) is 0. The molecule has 0 spiro atoms. The molecular weight excluding hydrogens is 198 g/mol. The van der Waals surface area contributed by atoms with Gasteiger partial charge in [-0.25, -0.2) is 9.97 Å². The first-order chi connectivity index (χ1) is 6.69. The van der Waals surface area contributed by atoms with Gasteiger partial charge < -0.3 is 4.90 Å². The molecule has 0 aliphatic heterocycles. The highest BCUT2D eigenvalue weighted by Crippen LogP contribution is 2.17. The zero-order valence-corrected chi connectivity index (χ0v) is 9.62. The average molecular weight is 214 g/mol. The van der Waals surface area contributed by atoms with Gasteiger partial charge in [-0.3, -0.25) is 0 Å². The molecule has 0 unspecified atom stereocenters. The summed E-state index contributed by atoms with van der Waals surface area (Å²) < 4.78 is 0.